The van der Waals surface area contributed by atoms with Crippen LogP contribution < -0.4 is 10.6 Å². The molecule has 6 heteroatoms. The molecular weight excluding hydrogens is 244 g/mol. The van der Waals surface area contributed by atoms with Gasteiger partial charge < -0.3 is 15.5 Å². The van der Waals surface area contributed by atoms with Gasteiger partial charge in [-0.15, -0.1) is 0 Å². The van der Waals surface area contributed by atoms with Crippen molar-refractivity contribution >= 4 is 17.1 Å². The van der Waals surface area contributed by atoms with Crippen LogP contribution in [-0.2, 0) is 0 Å². The van der Waals surface area contributed by atoms with Gasteiger partial charge in [0, 0.05) is 43.6 Å². The minimum absolute atomic E-state index is 0.109. The van der Waals surface area contributed by atoms with Crippen molar-refractivity contribution in [2.45, 2.75) is 6.42 Å². The second-order valence-corrected chi connectivity index (χ2v) is 5.07. The molecule has 1 atom stereocenters. The third-order valence-electron chi connectivity index (χ3n) is 3.50. The fourth-order valence-corrected chi connectivity index (χ4v) is 2.42. The second-order valence-electron chi connectivity index (χ2n) is 5.07. The third-order valence-corrected chi connectivity index (χ3v) is 3.50. The normalized spacial score (nSPS) is 19.4. The number of likely N-dealkylation sites (tertiary alicyclic amines) is 1. The molecule has 1 fully saturated rings. The summed E-state index contributed by atoms with van der Waals surface area (Å²) in [5, 5.41) is 17.1. The van der Waals surface area contributed by atoms with Crippen LogP contribution in [0.3, 0.4) is 0 Å². The maximum atomic E-state index is 10.9. The summed E-state index contributed by atoms with van der Waals surface area (Å²) >= 11 is 0. The Hall–Kier alpha value is -1.82. The summed E-state index contributed by atoms with van der Waals surface area (Å²) < 4.78 is 0. The van der Waals surface area contributed by atoms with Crippen molar-refractivity contribution in [3.63, 3.8) is 0 Å². The molecule has 1 aromatic rings. The summed E-state index contributed by atoms with van der Waals surface area (Å²) in [6, 6.07) is 5.01. The van der Waals surface area contributed by atoms with Crippen molar-refractivity contribution in [2.24, 2.45) is 5.92 Å². The van der Waals surface area contributed by atoms with Crippen molar-refractivity contribution in [2.75, 3.05) is 44.4 Å². The van der Waals surface area contributed by atoms with Crippen molar-refractivity contribution in [3.8, 4) is 0 Å². The molecule has 0 amide bonds. The summed E-state index contributed by atoms with van der Waals surface area (Å²) in [4.78, 5) is 12.8. The van der Waals surface area contributed by atoms with Gasteiger partial charge in [0.25, 0.3) is 5.69 Å². The molecule has 0 spiro atoms. The molecule has 0 radical (unpaired) electrons. The van der Waals surface area contributed by atoms with E-state index < -0.39 is 0 Å². The van der Waals surface area contributed by atoms with Gasteiger partial charge in [0.1, 0.15) is 0 Å². The number of nitrogens with zero attached hydrogens (tertiary/aromatic N) is 2. The highest BCUT2D eigenvalue weighted by Crippen LogP contribution is 2.25. The summed E-state index contributed by atoms with van der Waals surface area (Å²) in [5.41, 5.74) is 1.66. The van der Waals surface area contributed by atoms with E-state index in [0.717, 1.165) is 31.0 Å². The van der Waals surface area contributed by atoms with Crippen LogP contribution in [0.15, 0.2) is 18.2 Å². The first-order chi connectivity index (χ1) is 9.08. The molecule has 1 unspecified atom stereocenters. The molecule has 1 aliphatic rings. The molecular formula is C13H20N4O2. The average molecular weight is 264 g/mol. The van der Waals surface area contributed by atoms with Gasteiger partial charge in [0.15, 0.2) is 0 Å². The topological polar surface area (TPSA) is 70.4 Å². The minimum atomic E-state index is -0.366. The monoisotopic (exact) mass is 264 g/mol. The van der Waals surface area contributed by atoms with E-state index in [-0.39, 0.29) is 10.6 Å². The third kappa shape index (κ3) is 3.57. The average Bonchev–Trinajstić information content (AvgIpc) is 2.81. The molecule has 6 nitrogen and oxygen atoms in total. The predicted molar refractivity (Wildman–Crippen MR) is 76.7 cm³/mol. The number of anilines is 2. The first kappa shape index (κ1) is 13.6. The van der Waals surface area contributed by atoms with Crippen LogP contribution in [0.1, 0.15) is 6.42 Å². The fourth-order valence-electron chi connectivity index (χ4n) is 2.42. The van der Waals surface area contributed by atoms with Gasteiger partial charge >= 0.3 is 0 Å². The zero-order chi connectivity index (χ0) is 13.8. The molecule has 19 heavy (non-hydrogen) atoms. The van der Waals surface area contributed by atoms with Gasteiger partial charge in [-0.3, -0.25) is 10.1 Å². The van der Waals surface area contributed by atoms with Gasteiger partial charge in [0.2, 0.25) is 0 Å². The number of non-ortho nitro benzene ring substituents is 1. The summed E-state index contributed by atoms with van der Waals surface area (Å²) in [6.07, 6.45) is 1.18. The highest BCUT2D eigenvalue weighted by Gasteiger charge is 2.19. The van der Waals surface area contributed by atoms with E-state index >= 15 is 0 Å². The zero-order valence-corrected chi connectivity index (χ0v) is 11.3. The highest BCUT2D eigenvalue weighted by molar-refractivity contribution is 5.63. The van der Waals surface area contributed by atoms with Crippen LogP contribution >= 0.6 is 0 Å². The van der Waals surface area contributed by atoms with Crippen LogP contribution in [-0.4, -0.2) is 43.6 Å². The Balaban J connectivity index is 2.02. The smallest absolute Gasteiger partial charge is 0.273 e. The number of hydrogen-bond acceptors (Lipinski definition) is 5. The number of hydrogen-bond donors (Lipinski definition) is 2. The second kappa shape index (κ2) is 5.88. The molecule has 0 bridgehead atoms. The van der Waals surface area contributed by atoms with E-state index in [1.807, 2.05) is 6.07 Å². The summed E-state index contributed by atoms with van der Waals surface area (Å²) in [7, 11) is 3.88. The maximum Gasteiger partial charge on any atom is 0.273 e. The molecule has 1 aliphatic heterocycles. The lowest BCUT2D eigenvalue weighted by Crippen LogP contribution is -2.19. The molecule has 0 aliphatic carbocycles. The Morgan fingerprint density at radius 1 is 1.42 bits per heavy atom. The minimum Gasteiger partial charge on any atom is -0.388 e. The molecule has 0 aromatic heterocycles. The first-order valence-electron chi connectivity index (χ1n) is 6.48. The molecule has 2 rings (SSSR count). The van der Waals surface area contributed by atoms with Crippen LogP contribution in [0.2, 0.25) is 0 Å². The highest BCUT2D eigenvalue weighted by atomic mass is 16.6. The molecule has 2 N–H and O–H groups in total. The van der Waals surface area contributed by atoms with Crippen molar-refractivity contribution in [1.82, 2.24) is 4.90 Å². The van der Waals surface area contributed by atoms with Gasteiger partial charge in [-0.2, -0.15) is 0 Å². The quantitative estimate of drug-likeness (QED) is 0.628. The summed E-state index contributed by atoms with van der Waals surface area (Å²) in [5.74, 6) is 0.613. The van der Waals surface area contributed by atoms with E-state index in [9.17, 15) is 10.1 Å². The zero-order valence-electron chi connectivity index (χ0n) is 11.3. The van der Waals surface area contributed by atoms with Crippen LogP contribution in [0, 0.1) is 16.0 Å². The number of rotatable bonds is 5. The molecule has 0 saturated carbocycles. The van der Waals surface area contributed by atoms with E-state index in [4.69, 9.17) is 0 Å². The largest absolute Gasteiger partial charge is 0.388 e. The number of nitro benzene ring substituents is 1. The van der Waals surface area contributed by atoms with Crippen LogP contribution in [0.25, 0.3) is 0 Å². The van der Waals surface area contributed by atoms with E-state index in [1.54, 1.807) is 13.1 Å². The Bertz CT molecular complexity index is 464. The van der Waals surface area contributed by atoms with Gasteiger partial charge in [-0.05, 0) is 32.0 Å². The Labute approximate surface area is 112 Å². The molecule has 1 saturated heterocycles. The van der Waals surface area contributed by atoms with E-state index in [0.29, 0.717) is 5.92 Å². The van der Waals surface area contributed by atoms with E-state index in [2.05, 4.69) is 22.6 Å². The van der Waals surface area contributed by atoms with Gasteiger partial charge in [-0.1, -0.05) is 0 Å². The number of nitrogens with one attached hydrogen (secondary N) is 2. The predicted octanol–water partition coefficient (Wildman–Crippen LogP) is 2.00. The van der Waals surface area contributed by atoms with Gasteiger partial charge in [-0.25, -0.2) is 0 Å². The van der Waals surface area contributed by atoms with Crippen molar-refractivity contribution in [1.29, 1.82) is 0 Å². The molecule has 104 valence electrons. The lowest BCUT2D eigenvalue weighted by molar-refractivity contribution is -0.384. The van der Waals surface area contributed by atoms with Crippen LogP contribution in [0.4, 0.5) is 17.1 Å². The number of benzene rings is 1. The lowest BCUT2D eigenvalue weighted by Gasteiger charge is -2.13. The Morgan fingerprint density at radius 2 is 2.16 bits per heavy atom. The van der Waals surface area contributed by atoms with Crippen molar-refractivity contribution in [3.05, 3.63) is 28.3 Å². The van der Waals surface area contributed by atoms with E-state index in [1.165, 1.54) is 12.5 Å². The lowest BCUT2D eigenvalue weighted by atomic mass is 10.1. The first-order valence-corrected chi connectivity index (χ1v) is 6.48. The standard InChI is InChI=1S/C13H20N4O2/c1-14-11-5-12(7-13(6-11)17(18)19)15-8-10-3-4-16(2)9-10/h5-7,10,14-15H,3-4,8-9H2,1-2H3. The SMILES string of the molecule is CNc1cc(NCC2CCN(C)C2)cc([N+](=O)[O-])c1. The van der Waals surface area contributed by atoms with Crippen molar-refractivity contribution < 1.29 is 4.92 Å². The fraction of sp³-hybridized carbons (Fsp3) is 0.538. The Kier molecular flexibility index (Phi) is 4.21. The van der Waals surface area contributed by atoms with Gasteiger partial charge in [0.05, 0.1) is 4.92 Å². The molecule has 1 heterocycles. The maximum absolute atomic E-state index is 10.9. The molecule has 1 aromatic carbocycles. The summed E-state index contributed by atoms with van der Waals surface area (Å²) in [6.45, 7) is 3.07. The number of nitro groups is 1. The Morgan fingerprint density at radius 3 is 2.74 bits per heavy atom. The van der Waals surface area contributed by atoms with Crippen LogP contribution in [0.5, 0.6) is 0 Å².